The molecule has 0 aliphatic heterocycles. The van der Waals surface area contributed by atoms with Gasteiger partial charge in [0.15, 0.2) is 0 Å². The first kappa shape index (κ1) is 14.7. The minimum Gasteiger partial charge on any atom is -0.478 e. The summed E-state index contributed by atoms with van der Waals surface area (Å²) in [5, 5.41) is 3.34. The molecule has 1 aromatic heterocycles. The number of hydrogen-bond donors (Lipinski definition) is 1. The Hall–Kier alpha value is -1.32. The average Bonchev–Trinajstić information content (AvgIpc) is 2.28. The molecule has 0 aliphatic carbocycles. The molecule has 0 spiro atoms. The van der Waals surface area contributed by atoms with Crippen LogP contribution in [0.2, 0.25) is 0 Å². The molecule has 0 amide bonds. The van der Waals surface area contributed by atoms with Gasteiger partial charge in [0.1, 0.15) is 0 Å². The number of nitrogens with zero attached hydrogens (tertiary/aromatic N) is 2. The zero-order valence-corrected chi connectivity index (χ0v) is 12.0. The molecule has 0 aliphatic rings. The fourth-order valence-electron chi connectivity index (χ4n) is 1.82. The highest BCUT2D eigenvalue weighted by molar-refractivity contribution is 5.31. The number of hydrogen-bond acceptors (Lipinski definition) is 4. The fourth-order valence-corrected chi connectivity index (χ4v) is 1.82. The number of nitrogens with one attached hydrogen (secondary N) is 1. The Morgan fingerprint density at radius 2 is 2.06 bits per heavy atom. The van der Waals surface area contributed by atoms with E-state index in [1.54, 1.807) is 0 Å². The molecule has 1 N–H and O–H groups in total. The van der Waals surface area contributed by atoms with Crippen LogP contribution in [-0.2, 0) is 0 Å². The van der Waals surface area contributed by atoms with Crippen molar-refractivity contribution in [3.8, 4) is 5.88 Å². The van der Waals surface area contributed by atoms with Crippen molar-refractivity contribution in [1.29, 1.82) is 0 Å². The molecule has 0 saturated heterocycles. The molecular formula is C14H25N3O. The number of rotatable bonds is 8. The van der Waals surface area contributed by atoms with Gasteiger partial charge in [-0.15, -0.1) is 0 Å². The lowest BCUT2D eigenvalue weighted by atomic mass is 10.1. The molecule has 1 atom stereocenters. The highest BCUT2D eigenvalue weighted by Crippen LogP contribution is 2.14. The Balaban J connectivity index is 2.54. The predicted octanol–water partition coefficient (Wildman–Crippen LogP) is 3.56. The van der Waals surface area contributed by atoms with Crippen LogP contribution >= 0.6 is 0 Å². The van der Waals surface area contributed by atoms with Gasteiger partial charge < -0.3 is 10.1 Å². The number of anilines is 1. The van der Waals surface area contributed by atoms with E-state index in [4.69, 9.17) is 4.74 Å². The standard InChI is InChI=1S/C14H25N3O/c1-5-7-8-9-11(3)15-14-16-12(4)10-13(17-14)18-6-2/h10-11H,5-9H2,1-4H3,(H,15,16,17). The molecule has 18 heavy (non-hydrogen) atoms. The zero-order chi connectivity index (χ0) is 13.4. The van der Waals surface area contributed by atoms with Crippen molar-refractivity contribution >= 4 is 5.95 Å². The van der Waals surface area contributed by atoms with Crippen molar-refractivity contribution in [2.24, 2.45) is 0 Å². The molecular weight excluding hydrogens is 226 g/mol. The van der Waals surface area contributed by atoms with Crippen molar-refractivity contribution in [3.05, 3.63) is 11.8 Å². The Bertz CT molecular complexity index is 355. The maximum atomic E-state index is 5.42. The third kappa shape index (κ3) is 5.34. The summed E-state index contributed by atoms with van der Waals surface area (Å²) in [5.41, 5.74) is 0.928. The van der Waals surface area contributed by atoms with Crippen LogP contribution in [0.5, 0.6) is 5.88 Å². The Kier molecular flexibility index (Phi) is 6.47. The normalized spacial score (nSPS) is 12.2. The van der Waals surface area contributed by atoms with Crippen LogP contribution in [0.15, 0.2) is 6.07 Å². The summed E-state index contributed by atoms with van der Waals surface area (Å²) in [6.45, 7) is 8.93. The summed E-state index contributed by atoms with van der Waals surface area (Å²) < 4.78 is 5.42. The fraction of sp³-hybridized carbons (Fsp3) is 0.714. The molecule has 1 heterocycles. The molecule has 0 radical (unpaired) electrons. The molecule has 1 aromatic rings. The molecule has 0 fully saturated rings. The Morgan fingerprint density at radius 1 is 1.28 bits per heavy atom. The zero-order valence-electron chi connectivity index (χ0n) is 12.0. The van der Waals surface area contributed by atoms with Gasteiger partial charge in [0.25, 0.3) is 0 Å². The van der Waals surface area contributed by atoms with E-state index in [9.17, 15) is 0 Å². The van der Waals surface area contributed by atoms with Crippen LogP contribution in [0.4, 0.5) is 5.95 Å². The molecule has 0 aromatic carbocycles. The second-order valence-corrected chi connectivity index (χ2v) is 4.65. The Morgan fingerprint density at radius 3 is 2.72 bits per heavy atom. The smallest absolute Gasteiger partial charge is 0.226 e. The van der Waals surface area contributed by atoms with Crippen LogP contribution in [0, 0.1) is 6.92 Å². The van der Waals surface area contributed by atoms with Gasteiger partial charge in [0.05, 0.1) is 6.61 Å². The van der Waals surface area contributed by atoms with Gasteiger partial charge in [0.2, 0.25) is 11.8 Å². The van der Waals surface area contributed by atoms with Gasteiger partial charge in [0, 0.05) is 17.8 Å². The van der Waals surface area contributed by atoms with Crippen LogP contribution in [0.25, 0.3) is 0 Å². The largest absolute Gasteiger partial charge is 0.478 e. The van der Waals surface area contributed by atoms with E-state index in [1.165, 1.54) is 19.3 Å². The second kappa shape index (κ2) is 7.90. The molecule has 4 nitrogen and oxygen atoms in total. The second-order valence-electron chi connectivity index (χ2n) is 4.65. The lowest BCUT2D eigenvalue weighted by Crippen LogP contribution is -2.17. The van der Waals surface area contributed by atoms with Crippen molar-refractivity contribution in [3.63, 3.8) is 0 Å². The van der Waals surface area contributed by atoms with E-state index in [0.717, 1.165) is 12.1 Å². The van der Waals surface area contributed by atoms with E-state index in [2.05, 4.69) is 29.1 Å². The number of aryl methyl sites for hydroxylation is 1. The van der Waals surface area contributed by atoms with E-state index in [1.807, 2.05) is 19.9 Å². The first-order chi connectivity index (χ1) is 8.65. The number of ether oxygens (including phenoxy) is 1. The quantitative estimate of drug-likeness (QED) is 0.718. The number of aromatic nitrogens is 2. The van der Waals surface area contributed by atoms with E-state index < -0.39 is 0 Å². The van der Waals surface area contributed by atoms with Crippen molar-refractivity contribution in [1.82, 2.24) is 9.97 Å². The lowest BCUT2D eigenvalue weighted by molar-refractivity contribution is 0.326. The first-order valence-corrected chi connectivity index (χ1v) is 6.90. The van der Waals surface area contributed by atoms with Gasteiger partial charge in [-0.05, 0) is 27.2 Å². The summed E-state index contributed by atoms with van der Waals surface area (Å²) in [5.74, 6) is 1.32. The van der Waals surface area contributed by atoms with Gasteiger partial charge in [-0.25, -0.2) is 4.98 Å². The van der Waals surface area contributed by atoms with Crippen LogP contribution in [-0.4, -0.2) is 22.6 Å². The maximum Gasteiger partial charge on any atom is 0.226 e. The van der Waals surface area contributed by atoms with E-state index in [0.29, 0.717) is 24.5 Å². The molecule has 102 valence electrons. The summed E-state index contributed by atoms with van der Waals surface area (Å²) in [4.78, 5) is 8.73. The third-order valence-electron chi connectivity index (χ3n) is 2.74. The summed E-state index contributed by atoms with van der Waals surface area (Å²) in [7, 11) is 0. The van der Waals surface area contributed by atoms with E-state index >= 15 is 0 Å². The maximum absolute atomic E-state index is 5.42. The number of unbranched alkanes of at least 4 members (excludes halogenated alkanes) is 2. The molecule has 4 heteroatoms. The van der Waals surface area contributed by atoms with Gasteiger partial charge >= 0.3 is 0 Å². The summed E-state index contributed by atoms with van der Waals surface area (Å²) in [6, 6.07) is 2.25. The average molecular weight is 251 g/mol. The summed E-state index contributed by atoms with van der Waals surface area (Å²) >= 11 is 0. The van der Waals surface area contributed by atoms with Crippen LogP contribution in [0.3, 0.4) is 0 Å². The third-order valence-corrected chi connectivity index (χ3v) is 2.74. The van der Waals surface area contributed by atoms with Crippen molar-refractivity contribution < 1.29 is 4.74 Å². The minimum atomic E-state index is 0.396. The molecule has 1 rings (SSSR count). The highest BCUT2D eigenvalue weighted by atomic mass is 16.5. The molecule has 0 saturated carbocycles. The monoisotopic (exact) mass is 251 g/mol. The minimum absolute atomic E-state index is 0.396. The van der Waals surface area contributed by atoms with Crippen LogP contribution in [0.1, 0.15) is 52.1 Å². The highest BCUT2D eigenvalue weighted by Gasteiger charge is 2.06. The molecule has 0 bridgehead atoms. The predicted molar refractivity (Wildman–Crippen MR) is 75.2 cm³/mol. The topological polar surface area (TPSA) is 47.0 Å². The summed E-state index contributed by atoms with van der Waals surface area (Å²) in [6.07, 6.45) is 4.93. The Labute approximate surface area is 110 Å². The first-order valence-electron chi connectivity index (χ1n) is 6.90. The van der Waals surface area contributed by atoms with Crippen molar-refractivity contribution in [2.75, 3.05) is 11.9 Å². The SMILES string of the molecule is CCCCCC(C)Nc1nc(C)cc(OCC)n1. The lowest BCUT2D eigenvalue weighted by Gasteiger charge is -2.14. The van der Waals surface area contributed by atoms with E-state index in [-0.39, 0.29) is 0 Å². The van der Waals surface area contributed by atoms with Crippen LogP contribution < -0.4 is 10.1 Å². The van der Waals surface area contributed by atoms with Crippen molar-refractivity contribution in [2.45, 2.75) is 59.4 Å². The van der Waals surface area contributed by atoms with Gasteiger partial charge in [-0.3, -0.25) is 0 Å². The molecule has 1 unspecified atom stereocenters. The van der Waals surface area contributed by atoms with Gasteiger partial charge in [-0.2, -0.15) is 4.98 Å². The van der Waals surface area contributed by atoms with Gasteiger partial charge in [-0.1, -0.05) is 26.2 Å².